The van der Waals surface area contributed by atoms with Crippen molar-refractivity contribution in [1.82, 2.24) is 9.88 Å². The molecule has 0 aliphatic carbocycles. The molecule has 0 unspecified atom stereocenters. The molecule has 1 N–H and O–H groups in total. The van der Waals surface area contributed by atoms with E-state index >= 15 is 0 Å². The maximum Gasteiger partial charge on any atom is 0.129 e. The summed E-state index contributed by atoms with van der Waals surface area (Å²) >= 11 is 1.52. The van der Waals surface area contributed by atoms with E-state index in [0.29, 0.717) is 19.7 Å². The van der Waals surface area contributed by atoms with Crippen molar-refractivity contribution in [3.63, 3.8) is 0 Å². The zero-order valence-electron chi connectivity index (χ0n) is 11.8. The zero-order valence-corrected chi connectivity index (χ0v) is 12.6. The number of ether oxygens (including phenoxy) is 1. The standard InChI is InChI=1S/C15H16F2N2O2S/c16-10-1-2-12(17)11(7-10)13(20)8-19-4-5-21-14(9-19)15-18-3-6-22-15/h1-3,6-7,13-14,20H,4-5,8-9H2/t13-,14+/m0/s1. The van der Waals surface area contributed by atoms with Crippen LogP contribution in [0.15, 0.2) is 29.8 Å². The lowest BCUT2D eigenvalue weighted by Crippen LogP contribution is -2.40. The van der Waals surface area contributed by atoms with Gasteiger partial charge in [0.2, 0.25) is 0 Å². The number of hydrogen-bond donors (Lipinski definition) is 1. The predicted octanol–water partition coefficient (Wildman–Crippen LogP) is 2.53. The van der Waals surface area contributed by atoms with Gasteiger partial charge in [-0.15, -0.1) is 11.3 Å². The molecule has 0 radical (unpaired) electrons. The molecular formula is C15H16F2N2O2S. The molecule has 2 aromatic rings. The third-order valence-corrected chi connectivity index (χ3v) is 4.49. The van der Waals surface area contributed by atoms with Crippen molar-refractivity contribution < 1.29 is 18.6 Å². The smallest absolute Gasteiger partial charge is 0.129 e. The monoisotopic (exact) mass is 326 g/mol. The van der Waals surface area contributed by atoms with E-state index < -0.39 is 17.7 Å². The molecule has 7 heteroatoms. The number of aliphatic hydroxyl groups excluding tert-OH is 1. The van der Waals surface area contributed by atoms with Crippen molar-refractivity contribution >= 4 is 11.3 Å². The van der Waals surface area contributed by atoms with E-state index in [1.54, 1.807) is 6.20 Å². The van der Waals surface area contributed by atoms with E-state index in [1.807, 2.05) is 10.3 Å². The second kappa shape index (κ2) is 6.78. The van der Waals surface area contributed by atoms with Crippen molar-refractivity contribution in [3.8, 4) is 0 Å². The average molecular weight is 326 g/mol. The molecule has 1 aromatic carbocycles. The molecule has 0 bridgehead atoms. The first kappa shape index (κ1) is 15.5. The number of β-amino-alcohol motifs (C(OH)–C–C–N with tert-alkyl or cyclic N) is 1. The van der Waals surface area contributed by atoms with Gasteiger partial charge in [0.25, 0.3) is 0 Å². The number of aromatic nitrogens is 1. The molecule has 0 saturated carbocycles. The third kappa shape index (κ3) is 3.49. The van der Waals surface area contributed by atoms with E-state index in [0.717, 1.165) is 23.2 Å². The number of hydrogen-bond acceptors (Lipinski definition) is 5. The lowest BCUT2D eigenvalue weighted by Gasteiger charge is -2.33. The van der Waals surface area contributed by atoms with Crippen LogP contribution >= 0.6 is 11.3 Å². The van der Waals surface area contributed by atoms with E-state index in [-0.39, 0.29) is 18.2 Å². The third-order valence-electron chi connectivity index (χ3n) is 3.63. The average Bonchev–Trinajstić information content (AvgIpc) is 3.04. The van der Waals surface area contributed by atoms with E-state index in [2.05, 4.69) is 4.98 Å². The summed E-state index contributed by atoms with van der Waals surface area (Å²) in [5, 5.41) is 13.0. The highest BCUT2D eigenvalue weighted by Crippen LogP contribution is 2.26. The van der Waals surface area contributed by atoms with Crippen molar-refractivity contribution in [1.29, 1.82) is 0 Å². The van der Waals surface area contributed by atoms with Gasteiger partial charge in [-0.3, -0.25) is 4.90 Å². The second-order valence-electron chi connectivity index (χ2n) is 5.17. The SMILES string of the molecule is O[C@@H](CN1CCO[C@@H](c2nccs2)C1)c1cc(F)ccc1F. The molecular weight excluding hydrogens is 310 g/mol. The molecule has 1 aliphatic rings. The van der Waals surface area contributed by atoms with E-state index in [9.17, 15) is 13.9 Å². The number of thiazole rings is 1. The van der Waals surface area contributed by atoms with Crippen LogP contribution in [-0.4, -0.2) is 41.2 Å². The van der Waals surface area contributed by atoms with Gasteiger partial charge in [-0.2, -0.15) is 0 Å². The summed E-state index contributed by atoms with van der Waals surface area (Å²) in [6, 6.07) is 3.11. The van der Waals surface area contributed by atoms with Gasteiger partial charge in [0.05, 0.1) is 12.7 Å². The molecule has 2 atom stereocenters. The molecule has 118 valence electrons. The lowest BCUT2D eigenvalue weighted by molar-refractivity contribution is -0.0427. The Morgan fingerprint density at radius 3 is 3.09 bits per heavy atom. The fourth-order valence-electron chi connectivity index (χ4n) is 2.52. The van der Waals surface area contributed by atoms with E-state index in [4.69, 9.17) is 4.74 Å². The minimum Gasteiger partial charge on any atom is -0.387 e. The van der Waals surface area contributed by atoms with Crippen LogP contribution in [-0.2, 0) is 4.74 Å². The Kier molecular flexibility index (Phi) is 4.77. The Morgan fingerprint density at radius 2 is 2.32 bits per heavy atom. The first-order chi connectivity index (χ1) is 10.6. The highest BCUT2D eigenvalue weighted by atomic mass is 32.1. The normalized spacial score (nSPS) is 21.0. The van der Waals surface area contributed by atoms with Crippen LogP contribution in [0.25, 0.3) is 0 Å². The summed E-state index contributed by atoms with van der Waals surface area (Å²) in [5.74, 6) is -1.16. The number of rotatable bonds is 4. The predicted molar refractivity (Wildman–Crippen MR) is 78.6 cm³/mol. The molecule has 0 amide bonds. The van der Waals surface area contributed by atoms with Crippen molar-refractivity contribution in [2.24, 2.45) is 0 Å². The summed E-state index contributed by atoms with van der Waals surface area (Å²) in [5.41, 5.74) is -0.0164. The van der Waals surface area contributed by atoms with E-state index in [1.165, 1.54) is 11.3 Å². The summed E-state index contributed by atoms with van der Waals surface area (Å²) in [7, 11) is 0. The number of halogens is 2. The van der Waals surface area contributed by atoms with Gasteiger partial charge in [-0.25, -0.2) is 13.8 Å². The van der Waals surface area contributed by atoms with Crippen LogP contribution in [0.4, 0.5) is 8.78 Å². The largest absolute Gasteiger partial charge is 0.387 e. The van der Waals surface area contributed by atoms with Crippen LogP contribution in [0.2, 0.25) is 0 Å². The van der Waals surface area contributed by atoms with Crippen molar-refractivity contribution in [2.75, 3.05) is 26.2 Å². The Hall–Kier alpha value is -1.41. The van der Waals surface area contributed by atoms with Crippen LogP contribution < -0.4 is 0 Å². The van der Waals surface area contributed by atoms with Crippen LogP contribution in [0.3, 0.4) is 0 Å². The van der Waals surface area contributed by atoms with Gasteiger partial charge >= 0.3 is 0 Å². The molecule has 1 aliphatic heterocycles. The zero-order chi connectivity index (χ0) is 15.5. The molecule has 2 heterocycles. The minimum atomic E-state index is -1.08. The van der Waals surface area contributed by atoms with Crippen molar-refractivity contribution in [2.45, 2.75) is 12.2 Å². The van der Waals surface area contributed by atoms with Gasteiger partial charge in [-0.1, -0.05) is 0 Å². The highest BCUT2D eigenvalue weighted by molar-refractivity contribution is 7.09. The molecule has 1 saturated heterocycles. The Morgan fingerprint density at radius 1 is 1.45 bits per heavy atom. The molecule has 1 fully saturated rings. The topological polar surface area (TPSA) is 45.6 Å². The van der Waals surface area contributed by atoms with Crippen LogP contribution in [0.1, 0.15) is 22.8 Å². The van der Waals surface area contributed by atoms with Gasteiger partial charge in [0, 0.05) is 36.8 Å². The maximum absolute atomic E-state index is 13.7. The minimum absolute atomic E-state index is 0.0164. The number of nitrogens with zero attached hydrogens (tertiary/aromatic N) is 2. The number of benzene rings is 1. The van der Waals surface area contributed by atoms with Gasteiger partial charge in [-0.05, 0) is 18.2 Å². The summed E-state index contributed by atoms with van der Waals surface area (Å²) in [6.45, 7) is 1.95. The highest BCUT2D eigenvalue weighted by Gasteiger charge is 2.26. The Bertz CT molecular complexity index is 624. The Balaban J connectivity index is 1.66. The number of morpholine rings is 1. The maximum atomic E-state index is 13.7. The Labute approximate surface area is 131 Å². The van der Waals surface area contributed by atoms with Crippen molar-refractivity contribution in [3.05, 3.63) is 52.0 Å². The van der Waals surface area contributed by atoms with Gasteiger partial charge < -0.3 is 9.84 Å². The fraction of sp³-hybridized carbons (Fsp3) is 0.400. The first-order valence-electron chi connectivity index (χ1n) is 7.00. The lowest BCUT2D eigenvalue weighted by atomic mass is 10.1. The fourth-order valence-corrected chi connectivity index (χ4v) is 3.20. The molecule has 1 aromatic heterocycles. The molecule has 4 nitrogen and oxygen atoms in total. The molecule has 3 rings (SSSR count). The van der Waals surface area contributed by atoms with Crippen LogP contribution in [0.5, 0.6) is 0 Å². The summed E-state index contributed by atoms with van der Waals surface area (Å²) < 4.78 is 32.6. The number of aliphatic hydroxyl groups is 1. The summed E-state index contributed by atoms with van der Waals surface area (Å²) in [6.07, 6.45) is 0.503. The van der Waals surface area contributed by atoms with Crippen LogP contribution in [0, 0.1) is 11.6 Å². The van der Waals surface area contributed by atoms with Gasteiger partial charge in [0.1, 0.15) is 22.7 Å². The summed E-state index contributed by atoms with van der Waals surface area (Å²) in [4.78, 5) is 6.21. The quantitative estimate of drug-likeness (QED) is 0.938. The second-order valence-corrected chi connectivity index (χ2v) is 6.10. The van der Waals surface area contributed by atoms with Gasteiger partial charge in [0.15, 0.2) is 0 Å². The molecule has 0 spiro atoms. The first-order valence-corrected chi connectivity index (χ1v) is 7.88. The molecule has 22 heavy (non-hydrogen) atoms.